The van der Waals surface area contributed by atoms with E-state index >= 15 is 0 Å². The van der Waals surface area contributed by atoms with Crippen LogP contribution in [-0.2, 0) is 4.79 Å². The molecule has 0 aliphatic rings. The smallest absolute Gasteiger partial charge is 0.398 e. The number of nitrogen functional groups attached to an aromatic ring is 1. The Labute approximate surface area is 119 Å². The summed E-state index contributed by atoms with van der Waals surface area (Å²) in [7, 11) is 0. The Bertz CT molecular complexity index is 480. The molecule has 5 nitrogen and oxygen atoms in total. The molecular weight excluding hydrogens is 299 g/mol. The molecule has 1 aromatic rings. The van der Waals surface area contributed by atoms with Crippen molar-refractivity contribution in [3.63, 3.8) is 0 Å². The van der Waals surface area contributed by atoms with E-state index in [2.05, 4.69) is 5.32 Å². The molecule has 0 saturated carbocycles. The Hall–Kier alpha value is -1.96. The Morgan fingerprint density at radius 3 is 2.30 bits per heavy atom. The number of anilines is 1. The number of carbonyl (C=O) groups excluding carboxylic acids is 2. The Morgan fingerprint density at radius 2 is 1.75 bits per heavy atom. The van der Waals surface area contributed by atoms with Crippen LogP contribution in [0.2, 0.25) is 0 Å². The van der Waals surface area contributed by atoms with Gasteiger partial charge >= 0.3 is 6.18 Å². The highest BCUT2D eigenvalue weighted by Gasteiger charge is 2.27. The minimum absolute atomic E-state index is 0. The van der Waals surface area contributed by atoms with Gasteiger partial charge in [0.15, 0.2) is 0 Å². The number of hydrogen-bond acceptors (Lipinski definition) is 3. The van der Waals surface area contributed by atoms with Crippen molar-refractivity contribution in [2.24, 2.45) is 0 Å². The van der Waals surface area contributed by atoms with Crippen molar-refractivity contribution in [2.45, 2.75) is 6.18 Å². The van der Waals surface area contributed by atoms with Crippen LogP contribution in [0.4, 0.5) is 18.9 Å². The zero-order chi connectivity index (χ0) is 14.5. The average molecular weight is 312 g/mol. The van der Waals surface area contributed by atoms with Gasteiger partial charge in [-0.25, -0.2) is 0 Å². The lowest BCUT2D eigenvalue weighted by Gasteiger charge is -2.09. The van der Waals surface area contributed by atoms with Crippen molar-refractivity contribution in [1.29, 1.82) is 0 Å². The summed E-state index contributed by atoms with van der Waals surface area (Å²) in [6.07, 6.45) is -4.48. The van der Waals surface area contributed by atoms with Crippen LogP contribution in [0.5, 0.6) is 0 Å². The lowest BCUT2D eigenvalue weighted by molar-refractivity contribution is -0.137. The maximum atomic E-state index is 11.8. The first kappa shape index (κ1) is 18.0. The summed E-state index contributed by atoms with van der Waals surface area (Å²) in [5, 5.41) is 3.81. The molecule has 20 heavy (non-hydrogen) atoms. The van der Waals surface area contributed by atoms with Gasteiger partial charge in [0.2, 0.25) is 5.91 Å². The molecule has 0 spiro atoms. The molecule has 1 aromatic carbocycles. The zero-order valence-electron chi connectivity index (χ0n) is 10.2. The number of para-hydroxylation sites is 1. The fraction of sp³-hybridized carbons (Fsp3) is 0.273. The third kappa shape index (κ3) is 6.28. The second kappa shape index (κ2) is 7.59. The molecule has 4 N–H and O–H groups in total. The number of alkyl halides is 3. The molecule has 112 valence electrons. The molecule has 9 heteroatoms. The first-order valence-electron chi connectivity index (χ1n) is 5.26. The molecule has 0 saturated heterocycles. The van der Waals surface area contributed by atoms with Crippen molar-refractivity contribution in [2.75, 3.05) is 18.8 Å². The minimum atomic E-state index is -4.48. The number of nitrogens with two attached hydrogens (primary N) is 1. The summed E-state index contributed by atoms with van der Waals surface area (Å²) >= 11 is 0. The van der Waals surface area contributed by atoms with Crippen LogP contribution >= 0.6 is 12.4 Å². The highest BCUT2D eigenvalue weighted by molar-refractivity contribution is 6.00. The van der Waals surface area contributed by atoms with E-state index < -0.39 is 31.1 Å². The van der Waals surface area contributed by atoms with E-state index in [-0.39, 0.29) is 23.7 Å². The van der Waals surface area contributed by atoms with Crippen LogP contribution in [0.15, 0.2) is 24.3 Å². The van der Waals surface area contributed by atoms with Crippen LogP contribution < -0.4 is 16.4 Å². The molecule has 0 fully saturated rings. The normalized spacial score (nSPS) is 10.3. The van der Waals surface area contributed by atoms with Crippen molar-refractivity contribution >= 4 is 29.9 Å². The van der Waals surface area contributed by atoms with E-state index in [1.54, 1.807) is 17.4 Å². The molecule has 0 radical (unpaired) electrons. The van der Waals surface area contributed by atoms with E-state index in [0.717, 1.165) is 0 Å². The lowest BCUT2D eigenvalue weighted by Crippen LogP contribution is -2.41. The Morgan fingerprint density at radius 1 is 1.15 bits per heavy atom. The van der Waals surface area contributed by atoms with Gasteiger partial charge < -0.3 is 16.4 Å². The summed E-state index contributed by atoms with van der Waals surface area (Å²) in [5.74, 6) is -1.56. The van der Waals surface area contributed by atoms with E-state index in [0.29, 0.717) is 0 Å². The molecule has 0 heterocycles. The first-order chi connectivity index (χ1) is 8.79. The second-order valence-electron chi connectivity index (χ2n) is 3.66. The van der Waals surface area contributed by atoms with E-state index in [4.69, 9.17) is 5.73 Å². The summed E-state index contributed by atoms with van der Waals surface area (Å²) in [6, 6.07) is 6.15. The van der Waals surface area contributed by atoms with E-state index in [1.165, 1.54) is 12.1 Å². The van der Waals surface area contributed by atoms with Crippen LogP contribution in [0.25, 0.3) is 0 Å². The SMILES string of the molecule is Cl.Nc1ccccc1C(=O)NCC(=O)NCC(F)(F)F. The van der Waals surface area contributed by atoms with Gasteiger partial charge in [0.05, 0.1) is 12.1 Å². The van der Waals surface area contributed by atoms with E-state index in [9.17, 15) is 22.8 Å². The zero-order valence-corrected chi connectivity index (χ0v) is 11.0. The van der Waals surface area contributed by atoms with Crippen molar-refractivity contribution in [3.8, 4) is 0 Å². The largest absolute Gasteiger partial charge is 0.405 e. The molecule has 0 aromatic heterocycles. The van der Waals surface area contributed by atoms with Gasteiger partial charge in [-0.2, -0.15) is 13.2 Å². The third-order valence-corrected chi connectivity index (χ3v) is 2.10. The molecule has 2 amide bonds. The minimum Gasteiger partial charge on any atom is -0.398 e. The van der Waals surface area contributed by atoms with Crippen LogP contribution in [0.1, 0.15) is 10.4 Å². The van der Waals surface area contributed by atoms with Gasteiger partial charge in [-0.1, -0.05) is 12.1 Å². The lowest BCUT2D eigenvalue weighted by atomic mass is 10.1. The number of hydrogen-bond donors (Lipinski definition) is 3. The average Bonchev–Trinajstić information content (AvgIpc) is 2.33. The van der Waals surface area contributed by atoms with Crippen LogP contribution in [0, 0.1) is 0 Å². The topological polar surface area (TPSA) is 84.2 Å². The predicted octanol–water partition coefficient (Wildman–Crippen LogP) is 1.10. The Balaban J connectivity index is 0.00000361. The van der Waals surface area contributed by atoms with Crippen molar-refractivity contribution < 1.29 is 22.8 Å². The molecule has 1 rings (SSSR count). The van der Waals surface area contributed by atoms with Crippen LogP contribution in [-0.4, -0.2) is 31.1 Å². The highest BCUT2D eigenvalue weighted by Crippen LogP contribution is 2.12. The third-order valence-electron chi connectivity index (χ3n) is 2.10. The molecule has 0 bridgehead atoms. The number of rotatable bonds is 4. The number of benzene rings is 1. The van der Waals surface area contributed by atoms with Gasteiger partial charge in [0.1, 0.15) is 6.54 Å². The number of carbonyl (C=O) groups is 2. The maximum Gasteiger partial charge on any atom is 0.405 e. The summed E-state index contributed by atoms with van der Waals surface area (Å²) in [5.41, 5.74) is 5.91. The fourth-order valence-electron chi connectivity index (χ4n) is 1.22. The molecular formula is C11H13ClF3N3O2. The number of halogens is 4. The van der Waals surface area contributed by atoms with Crippen molar-refractivity contribution in [3.05, 3.63) is 29.8 Å². The standard InChI is InChI=1S/C11H12F3N3O2.ClH/c12-11(13,14)6-17-9(18)5-16-10(19)7-3-1-2-4-8(7)15;/h1-4H,5-6,15H2,(H,16,19)(H,17,18);1H. The number of nitrogens with one attached hydrogen (secondary N) is 2. The van der Waals surface area contributed by atoms with Gasteiger partial charge in [0, 0.05) is 5.69 Å². The summed E-state index contributed by atoms with van der Waals surface area (Å²) in [4.78, 5) is 22.6. The monoisotopic (exact) mass is 311 g/mol. The maximum absolute atomic E-state index is 11.8. The quantitative estimate of drug-likeness (QED) is 0.728. The highest BCUT2D eigenvalue weighted by atomic mass is 35.5. The number of amides is 2. The Kier molecular flexibility index (Phi) is 6.84. The fourth-order valence-corrected chi connectivity index (χ4v) is 1.22. The van der Waals surface area contributed by atoms with Gasteiger partial charge in [0.25, 0.3) is 5.91 Å². The van der Waals surface area contributed by atoms with Crippen LogP contribution in [0.3, 0.4) is 0 Å². The van der Waals surface area contributed by atoms with E-state index in [1.807, 2.05) is 0 Å². The first-order valence-corrected chi connectivity index (χ1v) is 5.26. The summed E-state index contributed by atoms with van der Waals surface area (Å²) in [6.45, 7) is -1.99. The van der Waals surface area contributed by atoms with Gasteiger partial charge in [-0.3, -0.25) is 9.59 Å². The molecule has 0 aliphatic carbocycles. The molecule has 0 aliphatic heterocycles. The van der Waals surface area contributed by atoms with Gasteiger partial charge in [-0.05, 0) is 12.1 Å². The molecule has 0 unspecified atom stereocenters. The molecule has 0 atom stereocenters. The van der Waals surface area contributed by atoms with Crippen molar-refractivity contribution in [1.82, 2.24) is 10.6 Å². The second-order valence-corrected chi connectivity index (χ2v) is 3.66. The predicted molar refractivity (Wildman–Crippen MR) is 69.5 cm³/mol. The van der Waals surface area contributed by atoms with Gasteiger partial charge in [-0.15, -0.1) is 12.4 Å². The summed E-state index contributed by atoms with van der Waals surface area (Å²) < 4.78 is 35.4.